The monoisotopic (exact) mass is 206 g/mol. The van der Waals surface area contributed by atoms with Gasteiger partial charge in [0.05, 0.1) is 0 Å². The van der Waals surface area contributed by atoms with Gasteiger partial charge in [0.1, 0.15) is 6.04 Å². The van der Waals surface area contributed by atoms with Crippen LogP contribution in [-0.4, -0.2) is 28.0 Å². The molecule has 2 heterocycles. The third-order valence-corrected chi connectivity index (χ3v) is 2.44. The lowest BCUT2D eigenvalue weighted by atomic mass is 10.2. The summed E-state index contributed by atoms with van der Waals surface area (Å²) >= 11 is 0. The number of carbonyl (C=O) groups excluding carboxylic acids is 1. The molecule has 1 aromatic heterocycles. The van der Waals surface area contributed by atoms with E-state index in [9.17, 15) is 9.59 Å². The van der Waals surface area contributed by atoms with Crippen molar-refractivity contribution in [3.8, 4) is 0 Å². The van der Waals surface area contributed by atoms with E-state index in [-0.39, 0.29) is 5.91 Å². The Morgan fingerprint density at radius 1 is 1.47 bits per heavy atom. The minimum absolute atomic E-state index is 0.145. The van der Waals surface area contributed by atoms with Gasteiger partial charge in [-0.05, 0) is 18.6 Å². The van der Waals surface area contributed by atoms with Gasteiger partial charge in [-0.3, -0.25) is 14.7 Å². The summed E-state index contributed by atoms with van der Waals surface area (Å²) in [6.45, 7) is 0. The van der Waals surface area contributed by atoms with Gasteiger partial charge in [0.2, 0.25) is 5.91 Å². The highest BCUT2D eigenvalue weighted by atomic mass is 16.4. The number of amides is 1. The van der Waals surface area contributed by atoms with E-state index in [0.717, 1.165) is 0 Å². The van der Waals surface area contributed by atoms with Crippen molar-refractivity contribution >= 4 is 17.6 Å². The first-order valence-electron chi connectivity index (χ1n) is 4.65. The standard InChI is InChI=1S/C10H10N2O3/c13-9-2-1-8(10(14)15)12(9)7-3-5-11-6-4-7/h3-6,8H,1-2H2,(H,14,15)/t8-/m0/s1. The molecule has 0 radical (unpaired) electrons. The predicted octanol–water partition coefficient (Wildman–Crippen LogP) is 0.662. The Hall–Kier alpha value is -1.91. The predicted molar refractivity (Wildman–Crippen MR) is 52.4 cm³/mol. The van der Waals surface area contributed by atoms with Gasteiger partial charge in [0, 0.05) is 24.5 Å². The van der Waals surface area contributed by atoms with Crippen LogP contribution in [-0.2, 0) is 9.59 Å². The lowest BCUT2D eigenvalue weighted by molar-refractivity contribution is -0.138. The molecule has 5 heteroatoms. The lowest BCUT2D eigenvalue weighted by Crippen LogP contribution is -2.38. The summed E-state index contributed by atoms with van der Waals surface area (Å²) in [5.41, 5.74) is 0.597. The van der Waals surface area contributed by atoms with E-state index in [4.69, 9.17) is 5.11 Å². The number of aliphatic carboxylic acids is 1. The van der Waals surface area contributed by atoms with E-state index in [2.05, 4.69) is 4.98 Å². The van der Waals surface area contributed by atoms with Crippen LogP contribution in [0, 0.1) is 0 Å². The van der Waals surface area contributed by atoms with Crippen molar-refractivity contribution in [2.45, 2.75) is 18.9 Å². The highest BCUT2D eigenvalue weighted by Gasteiger charge is 2.36. The maximum absolute atomic E-state index is 11.5. The van der Waals surface area contributed by atoms with Crippen molar-refractivity contribution in [3.05, 3.63) is 24.5 Å². The fourth-order valence-corrected chi connectivity index (χ4v) is 1.75. The molecule has 0 unspecified atom stereocenters. The molecule has 78 valence electrons. The average Bonchev–Trinajstić information content (AvgIpc) is 2.61. The Morgan fingerprint density at radius 3 is 2.73 bits per heavy atom. The summed E-state index contributed by atoms with van der Waals surface area (Å²) in [6, 6.07) is 2.54. The van der Waals surface area contributed by atoms with Crippen molar-refractivity contribution in [1.29, 1.82) is 0 Å². The van der Waals surface area contributed by atoms with E-state index < -0.39 is 12.0 Å². The number of hydrogen-bond acceptors (Lipinski definition) is 3. The van der Waals surface area contributed by atoms with Crippen LogP contribution < -0.4 is 4.90 Å². The van der Waals surface area contributed by atoms with Gasteiger partial charge < -0.3 is 5.11 Å². The summed E-state index contributed by atoms with van der Waals surface area (Å²) in [5.74, 6) is -1.11. The number of rotatable bonds is 2. The van der Waals surface area contributed by atoms with Gasteiger partial charge in [-0.1, -0.05) is 0 Å². The number of carboxylic acids is 1. The van der Waals surface area contributed by atoms with Crippen LogP contribution in [0.15, 0.2) is 24.5 Å². The highest BCUT2D eigenvalue weighted by Crippen LogP contribution is 2.25. The zero-order valence-electron chi connectivity index (χ0n) is 7.96. The number of anilines is 1. The Morgan fingerprint density at radius 2 is 2.13 bits per heavy atom. The van der Waals surface area contributed by atoms with E-state index >= 15 is 0 Å². The normalized spacial score (nSPS) is 20.7. The second kappa shape index (κ2) is 3.68. The molecule has 1 aromatic rings. The number of pyridine rings is 1. The van der Waals surface area contributed by atoms with Crippen LogP contribution in [0.2, 0.25) is 0 Å². The minimum atomic E-state index is -0.960. The van der Waals surface area contributed by atoms with Gasteiger partial charge in [0.25, 0.3) is 0 Å². The number of hydrogen-bond donors (Lipinski definition) is 1. The van der Waals surface area contributed by atoms with Crippen molar-refractivity contribution in [2.75, 3.05) is 4.90 Å². The first-order valence-corrected chi connectivity index (χ1v) is 4.65. The van der Waals surface area contributed by atoms with Crippen molar-refractivity contribution in [2.24, 2.45) is 0 Å². The third kappa shape index (κ3) is 1.68. The highest BCUT2D eigenvalue weighted by molar-refractivity contribution is 6.02. The molecule has 1 N–H and O–H groups in total. The topological polar surface area (TPSA) is 70.5 Å². The molecule has 0 saturated carbocycles. The zero-order valence-corrected chi connectivity index (χ0v) is 7.96. The number of nitrogens with zero attached hydrogens (tertiary/aromatic N) is 2. The smallest absolute Gasteiger partial charge is 0.326 e. The van der Waals surface area contributed by atoms with Crippen LogP contribution in [0.4, 0.5) is 5.69 Å². The van der Waals surface area contributed by atoms with Crippen LogP contribution >= 0.6 is 0 Å². The molecular weight excluding hydrogens is 196 g/mol. The summed E-state index contributed by atoms with van der Waals surface area (Å²) in [5, 5.41) is 8.95. The molecule has 5 nitrogen and oxygen atoms in total. The summed E-state index contributed by atoms with van der Waals surface area (Å²) in [6.07, 6.45) is 3.75. The van der Waals surface area contributed by atoms with Crippen LogP contribution in [0.25, 0.3) is 0 Å². The fourth-order valence-electron chi connectivity index (χ4n) is 1.75. The molecule has 0 spiro atoms. The third-order valence-electron chi connectivity index (χ3n) is 2.44. The summed E-state index contributed by atoms with van der Waals surface area (Å²) in [7, 11) is 0. The Labute approximate surface area is 86.3 Å². The largest absolute Gasteiger partial charge is 0.480 e. The minimum Gasteiger partial charge on any atom is -0.480 e. The fraction of sp³-hybridized carbons (Fsp3) is 0.300. The molecule has 1 amide bonds. The molecule has 2 rings (SSSR count). The number of aromatic nitrogens is 1. The molecule has 15 heavy (non-hydrogen) atoms. The molecule has 1 aliphatic rings. The first kappa shape index (κ1) is 9.64. The molecule has 1 atom stereocenters. The second-order valence-electron chi connectivity index (χ2n) is 3.36. The average molecular weight is 206 g/mol. The van der Waals surface area contributed by atoms with E-state index in [1.54, 1.807) is 24.5 Å². The van der Waals surface area contributed by atoms with Crippen molar-refractivity contribution in [1.82, 2.24) is 4.98 Å². The van der Waals surface area contributed by atoms with Gasteiger partial charge in [-0.25, -0.2) is 4.79 Å². The summed E-state index contributed by atoms with van der Waals surface area (Å²) < 4.78 is 0. The molecular formula is C10H10N2O3. The molecule has 1 aliphatic heterocycles. The van der Waals surface area contributed by atoms with E-state index in [1.165, 1.54) is 4.90 Å². The Kier molecular flexibility index (Phi) is 2.37. The Bertz CT molecular complexity index is 391. The quantitative estimate of drug-likeness (QED) is 0.771. The van der Waals surface area contributed by atoms with Crippen molar-refractivity contribution < 1.29 is 14.7 Å². The van der Waals surface area contributed by atoms with Crippen LogP contribution in [0.3, 0.4) is 0 Å². The van der Waals surface area contributed by atoms with Gasteiger partial charge in [0.15, 0.2) is 0 Å². The van der Waals surface area contributed by atoms with Crippen LogP contribution in [0.1, 0.15) is 12.8 Å². The van der Waals surface area contributed by atoms with Gasteiger partial charge >= 0.3 is 5.97 Å². The SMILES string of the molecule is O=C(O)[C@@H]1CCC(=O)N1c1ccncc1. The first-order chi connectivity index (χ1) is 7.20. The molecule has 1 saturated heterocycles. The molecule has 0 bridgehead atoms. The molecule has 1 fully saturated rings. The summed E-state index contributed by atoms with van der Waals surface area (Å²) in [4.78, 5) is 27.6. The van der Waals surface area contributed by atoms with E-state index in [0.29, 0.717) is 18.5 Å². The Balaban J connectivity index is 2.33. The number of carboxylic acid groups (broad SMARTS) is 1. The molecule has 0 aliphatic carbocycles. The van der Waals surface area contributed by atoms with Gasteiger partial charge in [-0.2, -0.15) is 0 Å². The number of carbonyl (C=O) groups is 2. The maximum atomic E-state index is 11.5. The molecule has 0 aromatic carbocycles. The second-order valence-corrected chi connectivity index (χ2v) is 3.36. The van der Waals surface area contributed by atoms with Gasteiger partial charge in [-0.15, -0.1) is 0 Å². The van der Waals surface area contributed by atoms with E-state index in [1.807, 2.05) is 0 Å². The maximum Gasteiger partial charge on any atom is 0.326 e. The lowest BCUT2D eigenvalue weighted by Gasteiger charge is -2.21. The van der Waals surface area contributed by atoms with Crippen LogP contribution in [0.5, 0.6) is 0 Å². The zero-order chi connectivity index (χ0) is 10.8. The van der Waals surface area contributed by atoms with Crippen molar-refractivity contribution in [3.63, 3.8) is 0 Å².